The minimum atomic E-state index is 0.171. The molecule has 6 unspecified atom stereocenters. The van der Waals surface area contributed by atoms with Crippen LogP contribution in [-0.4, -0.2) is 12.2 Å². The zero-order valence-electron chi connectivity index (χ0n) is 20.7. The Hall–Kier alpha value is -1.70. The molecule has 0 aromatic rings. The van der Waals surface area contributed by atoms with Crippen molar-refractivity contribution in [2.24, 2.45) is 29.6 Å². The molecule has 0 amide bonds. The molecular weight excluding hydrogens is 404 g/mol. The fraction of sp³-hybridized carbons (Fsp3) is 0.677. The molecule has 0 N–H and O–H groups in total. The fourth-order valence-corrected chi connectivity index (χ4v) is 7.55. The quantitative estimate of drug-likeness (QED) is 0.302. The summed E-state index contributed by atoms with van der Waals surface area (Å²) in [5.41, 5.74) is 4.60. The van der Waals surface area contributed by atoms with Gasteiger partial charge in [-0.3, -0.25) is 0 Å². The highest BCUT2D eigenvalue weighted by atomic mass is 16.5. The van der Waals surface area contributed by atoms with E-state index < -0.39 is 0 Å². The molecule has 6 rings (SSSR count). The predicted molar refractivity (Wildman–Crippen MR) is 134 cm³/mol. The standard InChI is InChI=1S/C31H42O2/c1-3-4-6-9-20(2)22-12-16-28-26(18-22)24-14-15-25-27-19-23(21-10-7-5-8-11-21)13-17-29(27)33-31(25)30(24)32-28/h12-13,16-18,20-21,23,26-29H,3-11,14-15,19H2,1-2H3. The summed E-state index contributed by atoms with van der Waals surface area (Å²) in [5, 5.41) is 0. The molecule has 4 aliphatic carbocycles. The summed E-state index contributed by atoms with van der Waals surface area (Å²) in [4.78, 5) is 0. The summed E-state index contributed by atoms with van der Waals surface area (Å²) < 4.78 is 13.2. The molecule has 2 nitrogen and oxygen atoms in total. The fourth-order valence-electron chi connectivity index (χ4n) is 7.55. The van der Waals surface area contributed by atoms with Crippen molar-refractivity contribution in [3.63, 3.8) is 0 Å². The predicted octanol–water partition coefficient (Wildman–Crippen LogP) is 8.19. The van der Waals surface area contributed by atoms with E-state index >= 15 is 0 Å². The first kappa shape index (κ1) is 21.8. The second kappa shape index (κ2) is 9.16. The van der Waals surface area contributed by atoms with Crippen LogP contribution in [0.25, 0.3) is 0 Å². The molecule has 2 heteroatoms. The average molecular weight is 447 g/mol. The number of hydrogen-bond donors (Lipinski definition) is 0. The van der Waals surface area contributed by atoms with Crippen molar-refractivity contribution in [3.8, 4) is 0 Å². The van der Waals surface area contributed by atoms with Crippen LogP contribution in [0, 0.1) is 29.6 Å². The lowest BCUT2D eigenvalue weighted by molar-refractivity contribution is 0.0982. The van der Waals surface area contributed by atoms with Gasteiger partial charge in [0.2, 0.25) is 0 Å². The third-order valence-corrected chi connectivity index (χ3v) is 9.55. The number of ether oxygens (including phenoxy) is 2. The Kier molecular flexibility index (Phi) is 6.05. The van der Waals surface area contributed by atoms with Gasteiger partial charge in [0.1, 0.15) is 12.2 Å². The largest absolute Gasteiger partial charge is 0.482 e. The molecule has 0 aromatic heterocycles. The summed E-state index contributed by atoms with van der Waals surface area (Å²) in [7, 11) is 0. The monoisotopic (exact) mass is 446 g/mol. The van der Waals surface area contributed by atoms with E-state index in [9.17, 15) is 0 Å². The molecule has 6 aliphatic rings. The lowest BCUT2D eigenvalue weighted by atomic mass is 9.70. The van der Waals surface area contributed by atoms with Crippen LogP contribution in [-0.2, 0) is 9.47 Å². The first-order valence-electron chi connectivity index (χ1n) is 14.1. The molecule has 0 saturated heterocycles. The molecule has 1 fully saturated rings. The molecule has 33 heavy (non-hydrogen) atoms. The Balaban J connectivity index is 1.20. The lowest BCUT2D eigenvalue weighted by Crippen LogP contribution is -2.28. The third-order valence-electron chi connectivity index (χ3n) is 9.55. The number of hydrogen-bond acceptors (Lipinski definition) is 2. The smallest absolute Gasteiger partial charge is 0.162 e. The van der Waals surface area contributed by atoms with Gasteiger partial charge in [-0.25, -0.2) is 0 Å². The van der Waals surface area contributed by atoms with Crippen molar-refractivity contribution in [2.75, 3.05) is 0 Å². The zero-order chi connectivity index (χ0) is 22.4. The van der Waals surface area contributed by atoms with Crippen LogP contribution in [0.4, 0.5) is 0 Å². The van der Waals surface area contributed by atoms with Crippen LogP contribution >= 0.6 is 0 Å². The van der Waals surface area contributed by atoms with Gasteiger partial charge in [0.15, 0.2) is 11.5 Å². The molecule has 1 saturated carbocycles. The first-order chi connectivity index (χ1) is 16.2. The maximum Gasteiger partial charge on any atom is 0.162 e. The summed E-state index contributed by atoms with van der Waals surface area (Å²) in [6.07, 6.45) is 28.6. The van der Waals surface area contributed by atoms with E-state index in [-0.39, 0.29) is 12.2 Å². The summed E-state index contributed by atoms with van der Waals surface area (Å²) >= 11 is 0. The highest BCUT2D eigenvalue weighted by Gasteiger charge is 2.47. The highest BCUT2D eigenvalue weighted by Crippen LogP contribution is 2.54. The van der Waals surface area contributed by atoms with E-state index in [1.807, 2.05) is 0 Å². The van der Waals surface area contributed by atoms with Crippen LogP contribution in [0.1, 0.15) is 90.9 Å². The van der Waals surface area contributed by atoms with Crippen LogP contribution in [0.3, 0.4) is 0 Å². The van der Waals surface area contributed by atoms with Crippen molar-refractivity contribution in [2.45, 2.75) is 103 Å². The Bertz CT molecular complexity index is 909. The van der Waals surface area contributed by atoms with Crippen LogP contribution in [0.2, 0.25) is 0 Å². The third kappa shape index (κ3) is 3.96. The van der Waals surface area contributed by atoms with E-state index in [0.29, 0.717) is 17.8 Å². The van der Waals surface area contributed by atoms with Crippen LogP contribution in [0.5, 0.6) is 0 Å². The average Bonchev–Trinajstić information content (AvgIpc) is 3.42. The molecule has 0 aromatic carbocycles. The van der Waals surface area contributed by atoms with Gasteiger partial charge < -0.3 is 9.47 Å². The minimum absolute atomic E-state index is 0.171. The number of rotatable bonds is 6. The maximum atomic E-state index is 6.63. The summed E-state index contributed by atoms with van der Waals surface area (Å²) in [6.45, 7) is 4.69. The molecule has 0 spiro atoms. The Morgan fingerprint density at radius 1 is 0.909 bits per heavy atom. The van der Waals surface area contributed by atoms with Gasteiger partial charge in [-0.1, -0.05) is 70.6 Å². The van der Waals surface area contributed by atoms with Crippen molar-refractivity contribution < 1.29 is 9.47 Å². The normalized spacial score (nSPS) is 35.9. The molecule has 0 radical (unpaired) electrons. The number of allylic oxidation sites excluding steroid dienone is 3. The van der Waals surface area contributed by atoms with Gasteiger partial charge in [-0.15, -0.1) is 0 Å². The van der Waals surface area contributed by atoms with E-state index in [4.69, 9.17) is 9.47 Å². The van der Waals surface area contributed by atoms with Gasteiger partial charge in [0.25, 0.3) is 0 Å². The molecule has 6 atom stereocenters. The molecule has 178 valence electrons. The summed E-state index contributed by atoms with van der Waals surface area (Å²) in [5.74, 6) is 5.55. The van der Waals surface area contributed by atoms with Crippen molar-refractivity contribution in [1.82, 2.24) is 0 Å². The maximum absolute atomic E-state index is 6.63. The molecule has 2 aliphatic heterocycles. The van der Waals surface area contributed by atoms with Gasteiger partial charge in [-0.2, -0.15) is 0 Å². The van der Waals surface area contributed by atoms with Gasteiger partial charge in [-0.05, 0) is 85.2 Å². The van der Waals surface area contributed by atoms with E-state index in [0.717, 1.165) is 29.8 Å². The van der Waals surface area contributed by atoms with E-state index in [1.54, 1.807) is 5.57 Å². The van der Waals surface area contributed by atoms with E-state index in [1.165, 1.54) is 81.8 Å². The number of fused-ring (bicyclic) bond motifs is 5. The molecule has 0 bridgehead atoms. The highest BCUT2D eigenvalue weighted by molar-refractivity contribution is 5.48. The Morgan fingerprint density at radius 3 is 2.55 bits per heavy atom. The van der Waals surface area contributed by atoms with Crippen molar-refractivity contribution >= 4 is 0 Å². The topological polar surface area (TPSA) is 18.5 Å². The van der Waals surface area contributed by atoms with E-state index in [2.05, 4.69) is 44.2 Å². The molecule has 2 heterocycles. The Labute approximate surface area is 200 Å². The zero-order valence-corrected chi connectivity index (χ0v) is 20.7. The first-order valence-corrected chi connectivity index (χ1v) is 14.1. The Morgan fingerprint density at radius 2 is 1.70 bits per heavy atom. The second-order valence-corrected chi connectivity index (χ2v) is 11.6. The van der Waals surface area contributed by atoms with Gasteiger partial charge >= 0.3 is 0 Å². The SMILES string of the molecule is CCCCCC(C)C1=CC2C3=C(OC2C=C1)C1=C(CC3)C2CC(C3CCCCC3)C=CC2O1. The minimum Gasteiger partial charge on any atom is -0.482 e. The molecular formula is C31H42O2. The van der Waals surface area contributed by atoms with Crippen LogP contribution in [0.15, 0.2) is 58.6 Å². The summed E-state index contributed by atoms with van der Waals surface area (Å²) in [6, 6.07) is 0. The lowest BCUT2D eigenvalue weighted by Gasteiger charge is -2.34. The van der Waals surface area contributed by atoms with Crippen molar-refractivity contribution in [3.05, 3.63) is 58.6 Å². The van der Waals surface area contributed by atoms with Crippen LogP contribution < -0.4 is 0 Å². The van der Waals surface area contributed by atoms with Gasteiger partial charge in [0.05, 0.1) is 0 Å². The van der Waals surface area contributed by atoms with Gasteiger partial charge in [0, 0.05) is 11.8 Å². The van der Waals surface area contributed by atoms with Crippen molar-refractivity contribution in [1.29, 1.82) is 0 Å². The number of unbranched alkanes of at least 4 members (excludes halogenated alkanes) is 2. The second-order valence-electron chi connectivity index (χ2n) is 11.6.